The zero-order valence-electron chi connectivity index (χ0n) is 21.4. The van der Waals surface area contributed by atoms with Crippen LogP contribution in [0.25, 0.3) is 11.0 Å². The van der Waals surface area contributed by atoms with Crippen LogP contribution in [-0.4, -0.2) is 34.1 Å². The number of hydrogen-bond donors (Lipinski definition) is 2. The Morgan fingerprint density at radius 3 is 2.51 bits per heavy atom. The first-order valence-electron chi connectivity index (χ1n) is 12.3. The number of fused-ring (bicyclic) bond motifs is 1. The van der Waals surface area contributed by atoms with Crippen LogP contribution in [0.4, 0.5) is 24.8 Å². The number of benzene rings is 2. The summed E-state index contributed by atoms with van der Waals surface area (Å²) < 4.78 is 49.4. The Bertz CT molecular complexity index is 1270. The number of ether oxygens (including phenoxy) is 2. The molecule has 0 unspecified atom stereocenters. The molecule has 4 rings (SSSR count). The Labute approximate surface area is 213 Å². The van der Waals surface area contributed by atoms with Gasteiger partial charge in [-0.1, -0.05) is 20.8 Å². The molecule has 1 saturated carbocycles. The second kappa shape index (κ2) is 10.1. The molecule has 0 aliphatic heterocycles. The quantitative estimate of drug-likeness (QED) is 0.330. The van der Waals surface area contributed by atoms with Crippen molar-refractivity contribution >= 4 is 28.6 Å². The number of alkyl halides is 3. The SMILES string of the molecule is COc1cc2c(cc1CCC(=O)O)nc(Nc1ccc(OC(F)(F)F)cc1)n2[C@H]1C[C@H](C)CC(C)(C)C1. The van der Waals surface area contributed by atoms with E-state index in [9.17, 15) is 18.0 Å². The van der Waals surface area contributed by atoms with Crippen molar-refractivity contribution in [2.45, 2.75) is 65.3 Å². The van der Waals surface area contributed by atoms with Crippen LogP contribution in [0.1, 0.15) is 58.1 Å². The highest BCUT2D eigenvalue weighted by Crippen LogP contribution is 2.46. The monoisotopic (exact) mass is 519 g/mol. The minimum Gasteiger partial charge on any atom is -0.496 e. The van der Waals surface area contributed by atoms with Gasteiger partial charge in [0, 0.05) is 24.2 Å². The minimum atomic E-state index is -4.76. The number of carboxylic acids is 1. The van der Waals surface area contributed by atoms with Crippen LogP contribution in [0.3, 0.4) is 0 Å². The molecule has 1 heterocycles. The van der Waals surface area contributed by atoms with Crippen LogP contribution >= 0.6 is 0 Å². The Hall–Kier alpha value is -3.43. The fourth-order valence-electron chi connectivity index (χ4n) is 5.61. The molecule has 2 N–H and O–H groups in total. The van der Waals surface area contributed by atoms with E-state index in [1.54, 1.807) is 7.11 Å². The summed E-state index contributed by atoms with van der Waals surface area (Å²) in [4.78, 5) is 16.0. The first-order valence-corrected chi connectivity index (χ1v) is 12.3. The predicted octanol–water partition coefficient (Wildman–Crippen LogP) is 7.09. The van der Waals surface area contributed by atoms with Crippen LogP contribution in [0.2, 0.25) is 0 Å². The first kappa shape index (κ1) is 26.6. The van der Waals surface area contributed by atoms with Crippen LogP contribution in [0.5, 0.6) is 11.5 Å². The normalized spacial score (nSPS) is 19.5. The number of nitrogens with one attached hydrogen (secondary N) is 1. The first-order chi connectivity index (χ1) is 17.3. The van der Waals surface area contributed by atoms with Crippen LogP contribution in [0.15, 0.2) is 36.4 Å². The highest BCUT2D eigenvalue weighted by atomic mass is 19.4. The molecule has 1 aromatic heterocycles. The number of carboxylic acid groups (broad SMARTS) is 1. The summed E-state index contributed by atoms with van der Waals surface area (Å²) in [7, 11) is 1.56. The molecule has 37 heavy (non-hydrogen) atoms. The molecule has 0 spiro atoms. The molecule has 0 bridgehead atoms. The number of carbonyl (C=O) groups is 1. The van der Waals surface area contributed by atoms with E-state index < -0.39 is 12.3 Å². The standard InChI is InChI=1S/C27H32F3N3O4/c1-16-11-19(15-26(2,3)14-16)33-22-13-23(36-4)17(5-10-24(34)35)12-21(22)32-25(33)31-18-6-8-20(9-7-18)37-27(28,29)30/h6-9,12-13,16,19H,5,10-11,14-15H2,1-4H3,(H,31,32)(H,34,35)/t16-,19-/m0/s1. The van der Waals surface area contributed by atoms with Crippen molar-refractivity contribution in [1.82, 2.24) is 9.55 Å². The fourth-order valence-corrected chi connectivity index (χ4v) is 5.61. The van der Waals surface area contributed by atoms with E-state index >= 15 is 0 Å². The number of aliphatic carboxylic acids is 1. The van der Waals surface area contributed by atoms with Gasteiger partial charge in [0.1, 0.15) is 11.5 Å². The van der Waals surface area contributed by atoms with E-state index in [1.807, 2.05) is 12.1 Å². The van der Waals surface area contributed by atoms with Gasteiger partial charge in [0.15, 0.2) is 0 Å². The summed E-state index contributed by atoms with van der Waals surface area (Å²) in [5.74, 6) is 0.452. The van der Waals surface area contributed by atoms with Gasteiger partial charge in [-0.2, -0.15) is 0 Å². The van der Waals surface area contributed by atoms with Crippen molar-refractivity contribution < 1.29 is 32.5 Å². The van der Waals surface area contributed by atoms with Crippen molar-refractivity contribution in [3.8, 4) is 11.5 Å². The third kappa shape index (κ3) is 6.47. The number of rotatable bonds is 8. The summed E-state index contributed by atoms with van der Waals surface area (Å²) in [6, 6.07) is 9.42. The largest absolute Gasteiger partial charge is 0.573 e. The maximum absolute atomic E-state index is 12.6. The highest BCUT2D eigenvalue weighted by molar-refractivity contribution is 5.83. The van der Waals surface area contributed by atoms with Crippen molar-refractivity contribution in [2.75, 3.05) is 12.4 Å². The number of aryl methyl sites for hydroxylation is 1. The molecule has 0 saturated heterocycles. The number of methoxy groups -OCH3 is 1. The number of hydrogen-bond acceptors (Lipinski definition) is 5. The van der Waals surface area contributed by atoms with Crippen molar-refractivity contribution in [3.63, 3.8) is 0 Å². The molecule has 200 valence electrons. The molecular weight excluding hydrogens is 487 g/mol. The minimum absolute atomic E-state index is 0.0334. The van der Waals surface area contributed by atoms with Gasteiger partial charge in [-0.05, 0) is 72.9 Å². The van der Waals surface area contributed by atoms with Crippen LogP contribution in [0, 0.1) is 11.3 Å². The molecule has 0 radical (unpaired) electrons. The molecule has 1 fully saturated rings. The number of anilines is 2. The Morgan fingerprint density at radius 1 is 1.22 bits per heavy atom. The number of aromatic nitrogens is 2. The smallest absolute Gasteiger partial charge is 0.496 e. The summed E-state index contributed by atoms with van der Waals surface area (Å²) in [5.41, 5.74) is 2.98. The number of nitrogens with zero attached hydrogens (tertiary/aromatic N) is 2. The van der Waals surface area contributed by atoms with Gasteiger partial charge in [-0.15, -0.1) is 13.2 Å². The average Bonchev–Trinajstić information content (AvgIpc) is 3.12. The lowest BCUT2D eigenvalue weighted by atomic mass is 9.70. The molecule has 2 atom stereocenters. The lowest BCUT2D eigenvalue weighted by Gasteiger charge is -2.40. The van der Waals surface area contributed by atoms with E-state index in [2.05, 4.69) is 35.4 Å². The predicted molar refractivity (Wildman–Crippen MR) is 134 cm³/mol. The maximum Gasteiger partial charge on any atom is 0.573 e. The van der Waals surface area contributed by atoms with Gasteiger partial charge >= 0.3 is 12.3 Å². The van der Waals surface area contributed by atoms with Gasteiger partial charge < -0.3 is 24.5 Å². The molecule has 7 nitrogen and oxygen atoms in total. The highest BCUT2D eigenvalue weighted by Gasteiger charge is 2.35. The zero-order chi connectivity index (χ0) is 27.0. The maximum atomic E-state index is 12.6. The molecule has 3 aromatic rings. The van der Waals surface area contributed by atoms with E-state index in [-0.39, 0.29) is 23.6 Å². The molecule has 1 aliphatic carbocycles. The summed E-state index contributed by atoms with van der Waals surface area (Å²) in [6.45, 7) is 6.75. The van der Waals surface area contributed by atoms with E-state index in [0.29, 0.717) is 35.2 Å². The fraction of sp³-hybridized carbons (Fsp3) is 0.481. The summed E-state index contributed by atoms with van der Waals surface area (Å²) in [6.07, 6.45) is -1.50. The van der Waals surface area contributed by atoms with Crippen molar-refractivity contribution in [3.05, 3.63) is 42.0 Å². The van der Waals surface area contributed by atoms with Crippen molar-refractivity contribution in [1.29, 1.82) is 0 Å². The topological polar surface area (TPSA) is 85.6 Å². The zero-order valence-corrected chi connectivity index (χ0v) is 21.4. The Morgan fingerprint density at radius 2 is 1.92 bits per heavy atom. The van der Waals surface area contributed by atoms with Crippen LogP contribution in [-0.2, 0) is 11.2 Å². The number of imidazole rings is 1. The van der Waals surface area contributed by atoms with Gasteiger partial charge in [0.2, 0.25) is 5.95 Å². The van der Waals surface area contributed by atoms with E-state index in [0.717, 1.165) is 30.3 Å². The summed E-state index contributed by atoms with van der Waals surface area (Å²) >= 11 is 0. The Kier molecular flexibility index (Phi) is 7.30. The average molecular weight is 520 g/mol. The molecule has 2 aromatic carbocycles. The van der Waals surface area contributed by atoms with Gasteiger partial charge in [0.25, 0.3) is 0 Å². The third-order valence-corrected chi connectivity index (χ3v) is 6.77. The lowest BCUT2D eigenvalue weighted by molar-refractivity contribution is -0.274. The second-order valence-corrected chi connectivity index (χ2v) is 10.6. The third-order valence-electron chi connectivity index (χ3n) is 6.77. The van der Waals surface area contributed by atoms with Crippen LogP contribution < -0.4 is 14.8 Å². The second-order valence-electron chi connectivity index (χ2n) is 10.6. The van der Waals surface area contributed by atoms with Crippen molar-refractivity contribution in [2.24, 2.45) is 11.3 Å². The van der Waals surface area contributed by atoms with E-state index in [4.69, 9.17) is 14.8 Å². The molecule has 1 aliphatic rings. The van der Waals surface area contributed by atoms with Gasteiger partial charge in [-0.25, -0.2) is 4.98 Å². The lowest BCUT2D eigenvalue weighted by Crippen LogP contribution is -2.29. The Balaban J connectivity index is 1.77. The van der Waals surface area contributed by atoms with Gasteiger partial charge in [0.05, 0.1) is 18.1 Å². The molecular formula is C27H32F3N3O4. The molecule has 10 heteroatoms. The number of halogens is 3. The molecule has 0 amide bonds. The van der Waals surface area contributed by atoms with E-state index in [1.165, 1.54) is 24.3 Å². The summed E-state index contributed by atoms with van der Waals surface area (Å²) in [5, 5.41) is 12.4. The van der Waals surface area contributed by atoms with Gasteiger partial charge in [-0.3, -0.25) is 4.79 Å².